The summed E-state index contributed by atoms with van der Waals surface area (Å²) in [6.45, 7) is 2.15. The molecule has 76 valence electrons. The van der Waals surface area contributed by atoms with Crippen molar-refractivity contribution in [2.24, 2.45) is 0 Å². The van der Waals surface area contributed by atoms with E-state index in [4.69, 9.17) is 0 Å². The Bertz CT molecular complexity index is 294. The normalized spacial score (nSPS) is 21.9. The van der Waals surface area contributed by atoms with Crippen molar-refractivity contribution in [3.63, 3.8) is 0 Å². The monoisotopic (exact) mass is 192 g/mol. The van der Waals surface area contributed by atoms with Crippen molar-refractivity contribution < 1.29 is 0 Å². The highest BCUT2D eigenvalue weighted by Crippen LogP contribution is 2.25. The van der Waals surface area contributed by atoms with Crippen LogP contribution < -0.4 is 10.6 Å². The van der Waals surface area contributed by atoms with Gasteiger partial charge in [0.05, 0.1) is 5.69 Å². The zero-order valence-corrected chi connectivity index (χ0v) is 8.45. The van der Waals surface area contributed by atoms with E-state index in [1.54, 1.807) is 12.4 Å². The van der Waals surface area contributed by atoms with E-state index in [-0.39, 0.29) is 0 Å². The van der Waals surface area contributed by atoms with E-state index in [0.717, 1.165) is 24.6 Å². The molecule has 1 unspecified atom stereocenters. The van der Waals surface area contributed by atoms with Crippen molar-refractivity contribution in [1.29, 1.82) is 0 Å². The maximum Gasteiger partial charge on any atom is 0.147 e. The van der Waals surface area contributed by atoms with Gasteiger partial charge in [0.1, 0.15) is 5.82 Å². The van der Waals surface area contributed by atoms with Gasteiger partial charge in [-0.1, -0.05) is 0 Å². The predicted molar refractivity (Wildman–Crippen MR) is 56.4 cm³/mol. The average Bonchev–Trinajstić information content (AvgIpc) is 2.30. The number of piperidine rings is 1. The molecular formula is C10H16N4. The molecule has 14 heavy (non-hydrogen) atoms. The lowest BCUT2D eigenvalue weighted by molar-refractivity contribution is 0.454. The van der Waals surface area contributed by atoms with Crippen LogP contribution in [-0.2, 0) is 0 Å². The third-order valence-electron chi connectivity index (χ3n) is 2.65. The molecule has 0 bridgehead atoms. The van der Waals surface area contributed by atoms with E-state index in [1.165, 1.54) is 12.8 Å². The molecule has 2 N–H and O–H groups in total. The molecule has 0 radical (unpaired) electrons. The standard InChI is InChI=1S/C10H16N4/c1-11-10-9(13-5-6-14-10)8-3-2-4-12-7-8/h5-6,8,12H,2-4,7H2,1H3,(H,11,14). The first-order chi connectivity index (χ1) is 6.92. The van der Waals surface area contributed by atoms with Gasteiger partial charge in [-0.2, -0.15) is 0 Å². The summed E-state index contributed by atoms with van der Waals surface area (Å²) in [5, 5.41) is 6.48. The number of nitrogens with zero attached hydrogens (tertiary/aromatic N) is 2. The number of hydrogen-bond acceptors (Lipinski definition) is 4. The van der Waals surface area contributed by atoms with Gasteiger partial charge in [-0.05, 0) is 19.4 Å². The molecule has 1 saturated heterocycles. The van der Waals surface area contributed by atoms with Gasteiger partial charge in [-0.25, -0.2) is 4.98 Å². The summed E-state index contributed by atoms with van der Waals surface area (Å²) >= 11 is 0. The summed E-state index contributed by atoms with van der Waals surface area (Å²) in [7, 11) is 1.89. The summed E-state index contributed by atoms with van der Waals surface area (Å²) in [6, 6.07) is 0. The largest absolute Gasteiger partial charge is 0.372 e. The van der Waals surface area contributed by atoms with Crippen molar-refractivity contribution in [3.05, 3.63) is 18.1 Å². The molecule has 1 aromatic heterocycles. The first-order valence-electron chi connectivity index (χ1n) is 5.11. The van der Waals surface area contributed by atoms with Gasteiger partial charge < -0.3 is 10.6 Å². The van der Waals surface area contributed by atoms with Gasteiger partial charge in [0, 0.05) is 31.9 Å². The quantitative estimate of drug-likeness (QED) is 0.733. The van der Waals surface area contributed by atoms with E-state index in [9.17, 15) is 0 Å². The van der Waals surface area contributed by atoms with Crippen molar-refractivity contribution >= 4 is 5.82 Å². The smallest absolute Gasteiger partial charge is 0.147 e. The Morgan fingerprint density at radius 2 is 2.29 bits per heavy atom. The Balaban J connectivity index is 2.20. The Labute approximate surface area is 84.2 Å². The lowest BCUT2D eigenvalue weighted by Crippen LogP contribution is -2.29. The summed E-state index contributed by atoms with van der Waals surface area (Å²) in [6.07, 6.45) is 5.93. The molecule has 2 rings (SSSR count). The van der Waals surface area contributed by atoms with Gasteiger partial charge >= 0.3 is 0 Å². The van der Waals surface area contributed by atoms with Gasteiger partial charge in [-0.15, -0.1) is 0 Å². The molecule has 0 spiro atoms. The maximum atomic E-state index is 4.41. The molecule has 4 nitrogen and oxygen atoms in total. The van der Waals surface area contributed by atoms with E-state index in [2.05, 4.69) is 20.6 Å². The Morgan fingerprint density at radius 3 is 3.00 bits per heavy atom. The second kappa shape index (κ2) is 4.37. The lowest BCUT2D eigenvalue weighted by atomic mass is 9.96. The van der Waals surface area contributed by atoms with Gasteiger partial charge in [0.25, 0.3) is 0 Å². The minimum atomic E-state index is 0.514. The number of anilines is 1. The first-order valence-corrected chi connectivity index (χ1v) is 5.11. The van der Waals surface area contributed by atoms with E-state index >= 15 is 0 Å². The molecule has 2 heterocycles. The SMILES string of the molecule is CNc1nccnc1C1CCCNC1. The van der Waals surface area contributed by atoms with Crippen LogP contribution in [0.3, 0.4) is 0 Å². The van der Waals surface area contributed by atoms with Crippen LogP contribution >= 0.6 is 0 Å². The number of nitrogens with one attached hydrogen (secondary N) is 2. The number of aromatic nitrogens is 2. The first kappa shape index (κ1) is 9.40. The zero-order chi connectivity index (χ0) is 9.80. The maximum absolute atomic E-state index is 4.41. The van der Waals surface area contributed by atoms with E-state index in [1.807, 2.05) is 7.05 Å². The fourth-order valence-electron chi connectivity index (χ4n) is 1.93. The highest BCUT2D eigenvalue weighted by atomic mass is 15.0. The lowest BCUT2D eigenvalue weighted by Gasteiger charge is -2.23. The van der Waals surface area contributed by atoms with E-state index in [0.29, 0.717) is 5.92 Å². The molecule has 0 amide bonds. The van der Waals surface area contributed by atoms with Crippen LogP contribution in [0, 0.1) is 0 Å². The molecule has 0 saturated carbocycles. The topological polar surface area (TPSA) is 49.8 Å². The zero-order valence-electron chi connectivity index (χ0n) is 8.45. The van der Waals surface area contributed by atoms with Crippen molar-refractivity contribution in [3.8, 4) is 0 Å². The van der Waals surface area contributed by atoms with Gasteiger partial charge in [-0.3, -0.25) is 4.98 Å². The van der Waals surface area contributed by atoms with Crippen LogP contribution in [0.25, 0.3) is 0 Å². The second-order valence-electron chi connectivity index (χ2n) is 3.58. The summed E-state index contributed by atoms with van der Waals surface area (Å²) < 4.78 is 0. The Hall–Kier alpha value is -1.16. The predicted octanol–water partition coefficient (Wildman–Crippen LogP) is 0.985. The Kier molecular flexibility index (Phi) is 2.93. The summed E-state index contributed by atoms with van der Waals surface area (Å²) in [4.78, 5) is 8.68. The van der Waals surface area contributed by atoms with Crippen LogP contribution in [0.4, 0.5) is 5.82 Å². The number of hydrogen-bond donors (Lipinski definition) is 2. The van der Waals surface area contributed by atoms with Crippen molar-refractivity contribution in [1.82, 2.24) is 15.3 Å². The average molecular weight is 192 g/mol. The summed E-state index contributed by atoms with van der Waals surface area (Å²) in [5.41, 5.74) is 1.10. The third kappa shape index (κ3) is 1.85. The second-order valence-corrected chi connectivity index (χ2v) is 3.58. The minimum Gasteiger partial charge on any atom is -0.372 e. The Morgan fingerprint density at radius 1 is 1.43 bits per heavy atom. The number of rotatable bonds is 2. The highest BCUT2D eigenvalue weighted by molar-refractivity contribution is 5.41. The molecule has 1 aromatic rings. The fraction of sp³-hybridized carbons (Fsp3) is 0.600. The van der Waals surface area contributed by atoms with E-state index < -0.39 is 0 Å². The minimum absolute atomic E-state index is 0.514. The van der Waals surface area contributed by atoms with Crippen LogP contribution in [0.15, 0.2) is 12.4 Å². The highest BCUT2D eigenvalue weighted by Gasteiger charge is 2.19. The molecule has 1 fully saturated rings. The van der Waals surface area contributed by atoms with Gasteiger partial charge in [0.15, 0.2) is 0 Å². The van der Waals surface area contributed by atoms with Crippen LogP contribution in [-0.4, -0.2) is 30.1 Å². The summed E-state index contributed by atoms with van der Waals surface area (Å²) in [5.74, 6) is 1.43. The van der Waals surface area contributed by atoms with Crippen molar-refractivity contribution in [2.75, 3.05) is 25.5 Å². The fourth-order valence-corrected chi connectivity index (χ4v) is 1.93. The van der Waals surface area contributed by atoms with Crippen LogP contribution in [0.1, 0.15) is 24.5 Å². The van der Waals surface area contributed by atoms with Crippen molar-refractivity contribution in [2.45, 2.75) is 18.8 Å². The molecular weight excluding hydrogens is 176 g/mol. The molecule has 1 atom stereocenters. The molecule has 1 aliphatic heterocycles. The molecule has 1 aliphatic rings. The molecule has 0 aliphatic carbocycles. The molecule has 4 heteroatoms. The van der Waals surface area contributed by atoms with Gasteiger partial charge in [0.2, 0.25) is 0 Å². The van der Waals surface area contributed by atoms with Crippen LogP contribution in [0.5, 0.6) is 0 Å². The third-order valence-corrected chi connectivity index (χ3v) is 2.65. The molecule has 0 aromatic carbocycles. The van der Waals surface area contributed by atoms with Crippen LogP contribution in [0.2, 0.25) is 0 Å².